The Bertz CT molecular complexity index is 894. The Kier molecular flexibility index (Phi) is 4.32. The maximum atomic E-state index is 13.1. The van der Waals surface area contributed by atoms with E-state index in [0.29, 0.717) is 5.56 Å². The molecule has 0 radical (unpaired) electrons. The van der Waals surface area contributed by atoms with E-state index < -0.39 is 28.0 Å². The molecule has 1 aromatic carbocycles. The summed E-state index contributed by atoms with van der Waals surface area (Å²) in [5.74, 6) is -0.425. The average Bonchev–Trinajstić information content (AvgIpc) is 2.98. The minimum absolute atomic E-state index is 0.0931. The molecule has 8 heteroatoms. The third-order valence-electron chi connectivity index (χ3n) is 3.95. The van der Waals surface area contributed by atoms with Gasteiger partial charge in [0.15, 0.2) is 5.69 Å². The summed E-state index contributed by atoms with van der Waals surface area (Å²) < 4.78 is 40.2. The molecule has 1 aliphatic rings. The number of benzene rings is 1. The van der Waals surface area contributed by atoms with Gasteiger partial charge in [0.2, 0.25) is 10.0 Å². The number of halogens is 1. The Hall–Kier alpha value is -2.34. The van der Waals surface area contributed by atoms with Crippen LogP contribution in [0.25, 0.3) is 0 Å². The Morgan fingerprint density at radius 3 is 2.67 bits per heavy atom. The zero-order valence-electron chi connectivity index (χ0n) is 12.5. The van der Waals surface area contributed by atoms with Crippen molar-refractivity contribution in [1.29, 1.82) is 5.26 Å². The van der Waals surface area contributed by atoms with Crippen LogP contribution in [-0.2, 0) is 10.0 Å². The van der Waals surface area contributed by atoms with E-state index in [0.717, 1.165) is 4.31 Å². The minimum Gasteiger partial charge on any atom is -0.392 e. The number of hydrogen-bond donors (Lipinski definition) is 1. The van der Waals surface area contributed by atoms with Gasteiger partial charge in [-0.2, -0.15) is 9.57 Å². The lowest BCUT2D eigenvalue weighted by Crippen LogP contribution is -2.32. The molecule has 3 rings (SSSR count). The first-order chi connectivity index (χ1) is 11.4. The van der Waals surface area contributed by atoms with Gasteiger partial charge in [0.1, 0.15) is 16.8 Å². The number of hydrogen-bond acceptors (Lipinski definition) is 5. The van der Waals surface area contributed by atoms with Crippen molar-refractivity contribution in [2.45, 2.75) is 23.5 Å². The number of β-amino-alcohol motifs (C(OH)–C–C–N with tert-alkyl or cyclic N) is 1. The van der Waals surface area contributed by atoms with Crippen molar-refractivity contribution in [1.82, 2.24) is 9.29 Å². The summed E-state index contributed by atoms with van der Waals surface area (Å²) in [6.45, 7) is -0.0931. The van der Waals surface area contributed by atoms with E-state index in [2.05, 4.69) is 4.98 Å². The number of aromatic nitrogens is 1. The highest BCUT2D eigenvalue weighted by atomic mass is 32.2. The molecule has 1 aromatic heterocycles. The first kappa shape index (κ1) is 16.5. The van der Waals surface area contributed by atoms with Gasteiger partial charge in [-0.15, -0.1) is 0 Å². The third-order valence-corrected chi connectivity index (χ3v) is 5.86. The molecule has 124 valence electrons. The van der Waals surface area contributed by atoms with E-state index in [-0.39, 0.29) is 23.6 Å². The maximum Gasteiger partial charge on any atom is 0.246 e. The van der Waals surface area contributed by atoms with E-state index in [1.807, 2.05) is 0 Å². The molecule has 1 fully saturated rings. The number of nitrogens with zero attached hydrogens (tertiary/aromatic N) is 3. The van der Waals surface area contributed by atoms with Gasteiger partial charge in [-0.3, -0.25) is 0 Å². The maximum absolute atomic E-state index is 13.1. The molecule has 0 bridgehead atoms. The first-order valence-electron chi connectivity index (χ1n) is 7.24. The first-order valence-corrected chi connectivity index (χ1v) is 8.68. The van der Waals surface area contributed by atoms with Gasteiger partial charge < -0.3 is 5.11 Å². The quantitative estimate of drug-likeness (QED) is 0.910. The van der Waals surface area contributed by atoms with Gasteiger partial charge in [0.25, 0.3) is 0 Å². The van der Waals surface area contributed by atoms with Crippen molar-refractivity contribution in [2.24, 2.45) is 0 Å². The van der Waals surface area contributed by atoms with Crippen LogP contribution < -0.4 is 0 Å². The van der Waals surface area contributed by atoms with E-state index >= 15 is 0 Å². The fraction of sp³-hybridized carbons (Fsp3) is 0.250. The topological polar surface area (TPSA) is 94.3 Å². The summed E-state index contributed by atoms with van der Waals surface area (Å²) in [5.41, 5.74) is 0.385. The van der Waals surface area contributed by atoms with Crippen LogP contribution in [0.3, 0.4) is 0 Å². The molecule has 1 saturated heterocycles. The zero-order chi connectivity index (χ0) is 17.3. The molecule has 1 N–H and O–H groups in total. The molecular formula is C16H14FN3O3S. The summed E-state index contributed by atoms with van der Waals surface area (Å²) in [6, 6.07) is 9.37. The van der Waals surface area contributed by atoms with E-state index in [1.54, 1.807) is 6.07 Å². The van der Waals surface area contributed by atoms with Gasteiger partial charge >= 0.3 is 0 Å². The van der Waals surface area contributed by atoms with Crippen molar-refractivity contribution in [3.63, 3.8) is 0 Å². The minimum atomic E-state index is -4.03. The van der Waals surface area contributed by atoms with Crippen molar-refractivity contribution < 1.29 is 17.9 Å². The SMILES string of the molecule is N#Cc1ncccc1S(=O)(=O)N1C[C@H](O)C[C@H]1c1ccc(F)cc1. The van der Waals surface area contributed by atoms with Crippen LogP contribution in [-0.4, -0.2) is 35.5 Å². The molecule has 1 aliphatic heterocycles. The monoisotopic (exact) mass is 347 g/mol. The standard InChI is InChI=1S/C16H14FN3O3S/c17-12-5-3-11(4-6-12)15-8-13(21)10-20(15)24(22,23)16-2-1-7-19-14(16)9-18/h1-7,13,15,21H,8,10H2/t13-,15+/m1/s1. The second-order valence-electron chi connectivity index (χ2n) is 5.49. The van der Waals surface area contributed by atoms with Gasteiger partial charge in [0.05, 0.1) is 12.1 Å². The van der Waals surface area contributed by atoms with Crippen LogP contribution >= 0.6 is 0 Å². The molecule has 0 saturated carbocycles. The highest BCUT2D eigenvalue weighted by molar-refractivity contribution is 7.89. The number of sulfonamides is 1. The lowest BCUT2D eigenvalue weighted by molar-refractivity contribution is 0.188. The second-order valence-corrected chi connectivity index (χ2v) is 7.35. The molecule has 0 amide bonds. The Balaban J connectivity index is 2.05. The van der Waals surface area contributed by atoms with Crippen molar-refractivity contribution in [2.75, 3.05) is 6.54 Å². The second kappa shape index (κ2) is 6.28. The highest BCUT2D eigenvalue weighted by Crippen LogP contribution is 2.37. The van der Waals surface area contributed by atoms with E-state index in [4.69, 9.17) is 5.26 Å². The predicted molar refractivity (Wildman–Crippen MR) is 82.6 cm³/mol. The molecule has 6 nitrogen and oxygen atoms in total. The van der Waals surface area contributed by atoms with Gasteiger partial charge in [-0.25, -0.2) is 17.8 Å². The molecular weight excluding hydrogens is 333 g/mol. The van der Waals surface area contributed by atoms with E-state index in [9.17, 15) is 17.9 Å². The summed E-state index contributed by atoms with van der Waals surface area (Å²) in [6.07, 6.45) is 0.706. The van der Waals surface area contributed by atoms with E-state index in [1.165, 1.54) is 42.6 Å². The summed E-state index contributed by atoms with van der Waals surface area (Å²) in [7, 11) is -4.03. The number of aliphatic hydroxyl groups is 1. The molecule has 0 aliphatic carbocycles. The normalized spacial score (nSPS) is 21.5. The van der Waals surface area contributed by atoms with Crippen LogP contribution in [0.4, 0.5) is 4.39 Å². The highest BCUT2D eigenvalue weighted by Gasteiger charge is 2.41. The molecule has 24 heavy (non-hydrogen) atoms. The number of aliphatic hydroxyl groups excluding tert-OH is 1. The molecule has 2 atom stereocenters. The van der Waals surface area contributed by atoms with Gasteiger partial charge in [-0.05, 0) is 36.2 Å². The number of nitriles is 1. The van der Waals surface area contributed by atoms with Gasteiger partial charge in [-0.1, -0.05) is 12.1 Å². The zero-order valence-corrected chi connectivity index (χ0v) is 13.3. The van der Waals surface area contributed by atoms with Crippen molar-refractivity contribution in [3.8, 4) is 6.07 Å². The van der Waals surface area contributed by atoms with Crippen molar-refractivity contribution >= 4 is 10.0 Å². The lowest BCUT2D eigenvalue weighted by Gasteiger charge is -2.24. The molecule has 2 heterocycles. The Labute approximate surface area is 138 Å². The summed E-state index contributed by atoms with van der Waals surface area (Å²) >= 11 is 0. The van der Waals surface area contributed by atoms with Crippen LogP contribution in [0.15, 0.2) is 47.5 Å². The predicted octanol–water partition coefficient (Wildman–Crippen LogP) is 1.59. The molecule has 0 spiro atoms. The smallest absolute Gasteiger partial charge is 0.246 e. The average molecular weight is 347 g/mol. The van der Waals surface area contributed by atoms with Crippen LogP contribution in [0.5, 0.6) is 0 Å². The lowest BCUT2D eigenvalue weighted by atomic mass is 10.0. The molecule has 0 unspecified atom stereocenters. The summed E-state index contributed by atoms with van der Waals surface area (Å²) in [5, 5.41) is 19.1. The fourth-order valence-electron chi connectivity index (χ4n) is 2.85. The summed E-state index contributed by atoms with van der Waals surface area (Å²) in [4.78, 5) is 3.58. The fourth-order valence-corrected chi connectivity index (χ4v) is 4.60. The van der Waals surface area contributed by atoms with Crippen molar-refractivity contribution in [3.05, 3.63) is 59.7 Å². The van der Waals surface area contributed by atoms with Gasteiger partial charge in [0, 0.05) is 12.7 Å². The Morgan fingerprint density at radius 2 is 2.00 bits per heavy atom. The third kappa shape index (κ3) is 2.89. The van der Waals surface area contributed by atoms with Crippen LogP contribution in [0.1, 0.15) is 23.7 Å². The number of pyridine rings is 1. The number of rotatable bonds is 3. The Morgan fingerprint density at radius 1 is 1.29 bits per heavy atom. The largest absolute Gasteiger partial charge is 0.392 e. The van der Waals surface area contributed by atoms with Crippen LogP contribution in [0.2, 0.25) is 0 Å². The van der Waals surface area contributed by atoms with Crippen LogP contribution in [0, 0.1) is 17.1 Å². The molecule has 2 aromatic rings.